The van der Waals surface area contributed by atoms with E-state index >= 15 is 0 Å². The van der Waals surface area contributed by atoms with Gasteiger partial charge in [-0.1, -0.05) is 12.1 Å². The fraction of sp³-hybridized carbons (Fsp3) is 0.250. The summed E-state index contributed by atoms with van der Waals surface area (Å²) in [6, 6.07) is 15.1. The summed E-state index contributed by atoms with van der Waals surface area (Å²) in [7, 11) is 1.87. The lowest BCUT2D eigenvalue weighted by atomic mass is 10.0. The van der Waals surface area contributed by atoms with Crippen molar-refractivity contribution >= 4 is 45.2 Å². The van der Waals surface area contributed by atoms with Gasteiger partial charge in [-0.25, -0.2) is 13.8 Å². The van der Waals surface area contributed by atoms with Gasteiger partial charge in [0, 0.05) is 56.8 Å². The van der Waals surface area contributed by atoms with Crippen molar-refractivity contribution in [2.75, 3.05) is 42.9 Å². The molecule has 0 saturated carbocycles. The maximum absolute atomic E-state index is 13.6. The molecule has 2 N–H and O–H groups in total. The number of aromatic amines is 1. The van der Waals surface area contributed by atoms with Gasteiger partial charge >= 0.3 is 0 Å². The van der Waals surface area contributed by atoms with Crippen molar-refractivity contribution in [2.45, 2.75) is 13.8 Å². The molecule has 2 aromatic heterocycles. The minimum atomic E-state index is -0.291. The number of H-pyrrole nitrogens is 1. The van der Waals surface area contributed by atoms with Crippen LogP contribution < -0.4 is 15.8 Å². The number of hydrogen-bond acceptors (Lipinski definition) is 5. The molecule has 1 fully saturated rings. The summed E-state index contributed by atoms with van der Waals surface area (Å²) < 4.78 is 28.7. The second-order valence-corrected chi connectivity index (χ2v) is 10.6. The van der Waals surface area contributed by atoms with E-state index in [9.17, 15) is 13.6 Å². The summed E-state index contributed by atoms with van der Waals surface area (Å²) in [5.74, 6) is 0.0612. The molecule has 1 aliphatic rings. The Hall–Kier alpha value is -4.50. The number of nitrogens with zero attached hydrogens (tertiary/aromatic N) is 4. The highest BCUT2D eigenvalue weighted by Crippen LogP contribution is 2.30. The Bertz CT molecular complexity index is 1830. The van der Waals surface area contributed by atoms with E-state index in [1.807, 2.05) is 55.8 Å². The first kappa shape index (κ1) is 26.7. The SMILES string of the molecule is Cc1cc(F)ccc1Nc1nc2ccc3c(C)c(/C=C/CN4CCN(c5ccc(F)cc5)CC4)[nH]c(=O)c3c2n1C. The smallest absolute Gasteiger partial charge is 0.258 e. The summed E-state index contributed by atoms with van der Waals surface area (Å²) in [6.45, 7) is 8.19. The molecule has 6 rings (SSSR count). The number of halogens is 2. The van der Waals surface area contributed by atoms with Gasteiger partial charge in [0.25, 0.3) is 5.56 Å². The number of fused-ring (bicyclic) bond motifs is 3. The fourth-order valence-corrected chi connectivity index (χ4v) is 5.60. The first-order chi connectivity index (χ1) is 19.8. The van der Waals surface area contributed by atoms with Gasteiger partial charge < -0.3 is 19.8 Å². The number of piperazine rings is 1. The molecule has 5 aromatic rings. The Morgan fingerprint density at radius 1 is 0.976 bits per heavy atom. The molecule has 0 atom stereocenters. The number of nitrogens with one attached hydrogen (secondary N) is 2. The monoisotopic (exact) mass is 554 g/mol. The van der Waals surface area contributed by atoms with Crippen molar-refractivity contribution in [3.8, 4) is 0 Å². The lowest BCUT2D eigenvalue weighted by Gasteiger charge is -2.35. The average Bonchev–Trinajstić information content (AvgIpc) is 3.28. The molecule has 1 saturated heterocycles. The first-order valence-electron chi connectivity index (χ1n) is 13.7. The van der Waals surface area contributed by atoms with Crippen LogP contribution in [0.4, 0.5) is 26.1 Å². The number of benzene rings is 3. The normalized spacial score (nSPS) is 14.5. The number of rotatable bonds is 6. The average molecular weight is 555 g/mol. The van der Waals surface area contributed by atoms with Crippen LogP contribution in [0.15, 0.2) is 65.5 Å². The number of anilines is 3. The molecule has 7 nitrogen and oxygen atoms in total. The van der Waals surface area contributed by atoms with E-state index in [0.717, 1.165) is 71.8 Å². The Labute approximate surface area is 236 Å². The zero-order valence-electron chi connectivity index (χ0n) is 23.3. The minimum Gasteiger partial charge on any atom is -0.369 e. The van der Waals surface area contributed by atoms with Crippen LogP contribution in [0, 0.1) is 25.5 Å². The molecule has 0 bridgehead atoms. The Balaban J connectivity index is 1.21. The van der Waals surface area contributed by atoms with Gasteiger partial charge in [-0.2, -0.15) is 0 Å². The molecule has 3 aromatic carbocycles. The first-order valence-corrected chi connectivity index (χ1v) is 13.7. The third-order valence-electron chi connectivity index (χ3n) is 7.97. The van der Waals surface area contributed by atoms with Crippen molar-refractivity contribution in [3.05, 3.63) is 99.5 Å². The van der Waals surface area contributed by atoms with Gasteiger partial charge in [0.1, 0.15) is 11.6 Å². The molecule has 0 amide bonds. The molecule has 1 aliphatic heterocycles. The topological polar surface area (TPSA) is 69.2 Å². The summed E-state index contributed by atoms with van der Waals surface area (Å²) >= 11 is 0. The highest BCUT2D eigenvalue weighted by Gasteiger charge is 2.18. The highest BCUT2D eigenvalue weighted by molar-refractivity contribution is 6.06. The van der Waals surface area contributed by atoms with Crippen molar-refractivity contribution < 1.29 is 8.78 Å². The van der Waals surface area contributed by atoms with E-state index < -0.39 is 0 Å². The van der Waals surface area contributed by atoms with Crippen LogP contribution >= 0.6 is 0 Å². The largest absolute Gasteiger partial charge is 0.369 e. The summed E-state index contributed by atoms with van der Waals surface area (Å²) in [4.78, 5) is 25.8. The van der Waals surface area contributed by atoms with Gasteiger partial charge in [0.2, 0.25) is 5.95 Å². The van der Waals surface area contributed by atoms with Crippen LogP contribution in [0.3, 0.4) is 0 Å². The quantitative estimate of drug-likeness (QED) is 0.274. The molecule has 0 spiro atoms. The van der Waals surface area contributed by atoms with E-state index in [1.165, 1.54) is 24.3 Å². The summed E-state index contributed by atoms with van der Waals surface area (Å²) in [5, 5.41) is 4.75. The second kappa shape index (κ2) is 10.8. The third-order valence-corrected chi connectivity index (χ3v) is 7.97. The van der Waals surface area contributed by atoms with Crippen molar-refractivity contribution in [1.82, 2.24) is 19.4 Å². The van der Waals surface area contributed by atoms with Crippen LogP contribution in [0.1, 0.15) is 16.8 Å². The minimum absolute atomic E-state index is 0.170. The maximum atomic E-state index is 13.6. The maximum Gasteiger partial charge on any atom is 0.258 e. The molecule has 0 aliphatic carbocycles. The van der Waals surface area contributed by atoms with Gasteiger partial charge in [0.05, 0.1) is 16.4 Å². The van der Waals surface area contributed by atoms with E-state index in [1.54, 1.807) is 6.07 Å². The molecular weight excluding hydrogens is 522 g/mol. The number of aryl methyl sites for hydroxylation is 3. The number of hydrogen-bond donors (Lipinski definition) is 2. The molecule has 210 valence electrons. The Morgan fingerprint density at radius 2 is 1.71 bits per heavy atom. The molecule has 0 radical (unpaired) electrons. The van der Waals surface area contributed by atoms with Gasteiger partial charge in [0.15, 0.2) is 0 Å². The van der Waals surface area contributed by atoms with Crippen LogP contribution in [0.2, 0.25) is 0 Å². The van der Waals surface area contributed by atoms with Gasteiger partial charge in [-0.3, -0.25) is 9.69 Å². The predicted molar refractivity (Wildman–Crippen MR) is 162 cm³/mol. The van der Waals surface area contributed by atoms with E-state index in [0.29, 0.717) is 16.9 Å². The Kier molecular flexibility index (Phi) is 7.05. The molecule has 3 heterocycles. The van der Waals surface area contributed by atoms with E-state index in [4.69, 9.17) is 4.98 Å². The van der Waals surface area contributed by atoms with Gasteiger partial charge in [-0.15, -0.1) is 0 Å². The number of aromatic nitrogens is 3. The zero-order chi connectivity index (χ0) is 28.7. The standard InChI is InChI=1S/C32H32F2N6O/c1-20-19-23(34)8-12-26(20)36-32-37-28-13-11-25-21(2)27(35-31(41)29(25)30(28)38(32)3)5-4-14-39-15-17-40(18-16-39)24-9-6-22(33)7-10-24/h4-13,19H,14-18H2,1-3H3,(H,35,41)(H,36,37)/b5-4+. The van der Waals surface area contributed by atoms with Crippen LogP contribution in [0.5, 0.6) is 0 Å². The predicted octanol–water partition coefficient (Wildman–Crippen LogP) is 5.89. The van der Waals surface area contributed by atoms with E-state index in [2.05, 4.69) is 26.2 Å². The van der Waals surface area contributed by atoms with Gasteiger partial charge in [-0.05, 0) is 85.0 Å². The van der Waals surface area contributed by atoms with Crippen molar-refractivity contribution in [3.63, 3.8) is 0 Å². The summed E-state index contributed by atoms with van der Waals surface area (Å²) in [5.41, 5.74) is 5.61. The molecular formula is C32H32F2N6O. The summed E-state index contributed by atoms with van der Waals surface area (Å²) in [6.07, 6.45) is 4.08. The van der Waals surface area contributed by atoms with Crippen LogP contribution in [-0.2, 0) is 7.05 Å². The third kappa shape index (κ3) is 5.20. The van der Waals surface area contributed by atoms with Crippen LogP contribution in [0.25, 0.3) is 27.9 Å². The Morgan fingerprint density at radius 3 is 2.44 bits per heavy atom. The fourth-order valence-electron chi connectivity index (χ4n) is 5.60. The highest BCUT2D eigenvalue weighted by atomic mass is 19.1. The lowest BCUT2D eigenvalue weighted by molar-refractivity contribution is 0.284. The molecule has 0 unspecified atom stereocenters. The van der Waals surface area contributed by atoms with Crippen LogP contribution in [-0.4, -0.2) is 52.2 Å². The van der Waals surface area contributed by atoms with Crippen molar-refractivity contribution in [1.29, 1.82) is 0 Å². The molecule has 41 heavy (non-hydrogen) atoms. The molecule has 9 heteroatoms. The van der Waals surface area contributed by atoms with Crippen molar-refractivity contribution in [2.24, 2.45) is 7.05 Å². The number of pyridine rings is 1. The zero-order valence-corrected chi connectivity index (χ0v) is 23.3. The second-order valence-electron chi connectivity index (χ2n) is 10.6. The number of imidazole rings is 1. The van der Waals surface area contributed by atoms with E-state index in [-0.39, 0.29) is 17.2 Å². The lowest BCUT2D eigenvalue weighted by Crippen LogP contribution is -2.46.